The molecule has 0 bridgehead atoms. The quantitative estimate of drug-likeness (QED) is 0.210. The van der Waals surface area contributed by atoms with Gasteiger partial charge in [0, 0.05) is 37.5 Å². The van der Waals surface area contributed by atoms with Crippen LogP contribution in [-0.2, 0) is 9.59 Å². The van der Waals surface area contributed by atoms with Crippen LogP contribution in [0.25, 0.3) is 0 Å². The maximum Gasteiger partial charge on any atom is 0.336 e. The fourth-order valence-corrected chi connectivity index (χ4v) is 4.91. The number of benzene rings is 1. The molecule has 5 rings (SSSR count). The lowest BCUT2D eigenvalue weighted by molar-refractivity contribution is -0.136. The molecule has 2 aromatic rings. The Balaban J connectivity index is 1.21. The number of aromatic nitrogens is 2. The number of rotatable bonds is 6. The van der Waals surface area contributed by atoms with Gasteiger partial charge in [-0.2, -0.15) is 5.10 Å². The van der Waals surface area contributed by atoms with E-state index in [1.165, 1.54) is 6.07 Å². The van der Waals surface area contributed by atoms with E-state index in [-0.39, 0.29) is 41.4 Å². The van der Waals surface area contributed by atoms with Gasteiger partial charge in [0.2, 0.25) is 11.8 Å². The zero-order chi connectivity index (χ0) is 27.0. The van der Waals surface area contributed by atoms with Gasteiger partial charge in [0.25, 0.3) is 11.8 Å². The molecule has 4 heterocycles. The van der Waals surface area contributed by atoms with Gasteiger partial charge in [0.1, 0.15) is 6.04 Å². The van der Waals surface area contributed by atoms with Crippen molar-refractivity contribution in [3.05, 3.63) is 47.3 Å². The van der Waals surface area contributed by atoms with Crippen LogP contribution in [0.1, 0.15) is 58.0 Å². The highest BCUT2D eigenvalue weighted by molar-refractivity contribution is 6.35. The Morgan fingerprint density at radius 3 is 2.58 bits per heavy atom. The number of likely N-dealkylation sites (tertiary alicyclic amines) is 1. The zero-order valence-corrected chi connectivity index (χ0v) is 20.2. The Morgan fingerprint density at radius 1 is 1.11 bits per heavy atom. The first-order valence-corrected chi connectivity index (χ1v) is 12.1. The summed E-state index contributed by atoms with van der Waals surface area (Å²) in [6.45, 7) is 0.895. The smallest absolute Gasteiger partial charge is 0.323 e. The van der Waals surface area contributed by atoms with E-state index >= 15 is 0 Å². The minimum absolute atomic E-state index is 0.0245. The predicted molar refractivity (Wildman–Crippen MR) is 133 cm³/mol. The van der Waals surface area contributed by atoms with Crippen molar-refractivity contribution in [3.63, 3.8) is 0 Å². The van der Waals surface area contributed by atoms with E-state index in [9.17, 15) is 24.0 Å². The van der Waals surface area contributed by atoms with Crippen LogP contribution in [0.5, 0.6) is 0 Å². The Morgan fingerprint density at radius 2 is 1.87 bits per heavy atom. The molecule has 1 unspecified atom stereocenters. The van der Waals surface area contributed by atoms with E-state index in [4.69, 9.17) is 10.8 Å². The van der Waals surface area contributed by atoms with Gasteiger partial charge in [-0.3, -0.25) is 50.3 Å². The number of nitrogens with one attached hydrogen (secondary N) is 5. The summed E-state index contributed by atoms with van der Waals surface area (Å²) in [6, 6.07) is 3.15. The SMILES string of the molecule is N=CC(=N)c1cnn(C2CCN(C(=O)NNc3cccc4c3C(=O)N(C3CCC(=O)NC3=O)C4=O)CC2)c1. The average Bonchev–Trinajstić information content (AvgIpc) is 3.51. The summed E-state index contributed by atoms with van der Waals surface area (Å²) in [6.07, 6.45) is 5.58. The van der Waals surface area contributed by atoms with Gasteiger partial charge in [-0.15, -0.1) is 0 Å². The molecule has 38 heavy (non-hydrogen) atoms. The molecular formula is C24H25N9O5. The summed E-state index contributed by atoms with van der Waals surface area (Å²) in [4.78, 5) is 65.2. The van der Waals surface area contributed by atoms with Crippen LogP contribution < -0.4 is 16.2 Å². The molecule has 6 amide bonds. The molecule has 1 aromatic carbocycles. The number of carbonyl (C=O) groups is 5. The highest BCUT2D eigenvalue weighted by Crippen LogP contribution is 2.32. The monoisotopic (exact) mass is 519 g/mol. The fourth-order valence-electron chi connectivity index (χ4n) is 4.91. The molecule has 196 valence electrons. The average molecular weight is 520 g/mol. The number of amides is 6. The Labute approximate surface area is 216 Å². The number of fused-ring (bicyclic) bond motifs is 1. The molecule has 2 fully saturated rings. The largest absolute Gasteiger partial charge is 0.336 e. The normalized spacial score (nSPS) is 19.7. The summed E-state index contributed by atoms with van der Waals surface area (Å²) in [5.41, 5.74) is 6.33. The first-order chi connectivity index (χ1) is 18.3. The topological polar surface area (TPSA) is 193 Å². The molecule has 0 spiro atoms. The van der Waals surface area contributed by atoms with Crippen molar-refractivity contribution >= 4 is 47.3 Å². The number of anilines is 1. The van der Waals surface area contributed by atoms with Crippen LogP contribution in [0.4, 0.5) is 10.5 Å². The van der Waals surface area contributed by atoms with Crippen LogP contribution in [0.3, 0.4) is 0 Å². The number of carbonyl (C=O) groups excluding carboxylic acids is 5. The number of hydrogen-bond donors (Lipinski definition) is 5. The van der Waals surface area contributed by atoms with Gasteiger partial charge in [0.05, 0.1) is 34.8 Å². The van der Waals surface area contributed by atoms with Gasteiger partial charge >= 0.3 is 6.03 Å². The number of urea groups is 1. The molecule has 2 saturated heterocycles. The van der Waals surface area contributed by atoms with Crippen LogP contribution in [-0.4, -0.2) is 80.3 Å². The van der Waals surface area contributed by atoms with Crippen molar-refractivity contribution < 1.29 is 24.0 Å². The van der Waals surface area contributed by atoms with Gasteiger partial charge in [-0.1, -0.05) is 6.07 Å². The van der Waals surface area contributed by atoms with Crippen molar-refractivity contribution in [3.8, 4) is 0 Å². The Hall–Kier alpha value is -4.88. The first kappa shape index (κ1) is 24.8. The first-order valence-electron chi connectivity index (χ1n) is 12.1. The van der Waals surface area contributed by atoms with Crippen molar-refractivity contribution in [1.82, 2.24) is 30.3 Å². The summed E-state index contributed by atoms with van der Waals surface area (Å²) >= 11 is 0. The van der Waals surface area contributed by atoms with Crippen molar-refractivity contribution in [1.29, 1.82) is 10.8 Å². The van der Waals surface area contributed by atoms with Gasteiger partial charge in [-0.25, -0.2) is 4.79 Å². The van der Waals surface area contributed by atoms with E-state index in [1.807, 2.05) is 0 Å². The lowest BCUT2D eigenvalue weighted by atomic mass is 10.0. The second-order valence-electron chi connectivity index (χ2n) is 9.22. The third-order valence-electron chi connectivity index (χ3n) is 6.95. The Kier molecular flexibility index (Phi) is 6.45. The third-order valence-corrected chi connectivity index (χ3v) is 6.95. The standard InChI is InChI=1S/C24H25N9O5/c25-10-16(26)13-11-27-32(12-13)14-6-8-31(9-7-14)24(38)30-29-17-3-1-2-15-20(17)23(37)33(22(15)36)18-4-5-19(34)28-21(18)35/h1-3,10-12,14,18,25-26,29H,4-9H2,(H,30,38)(H,28,34,35). The number of nitrogens with zero attached hydrogens (tertiary/aromatic N) is 4. The number of imide groups is 2. The predicted octanol–water partition coefficient (Wildman–Crippen LogP) is 0.675. The minimum Gasteiger partial charge on any atom is -0.323 e. The zero-order valence-electron chi connectivity index (χ0n) is 20.2. The van der Waals surface area contributed by atoms with E-state index in [1.54, 1.807) is 34.1 Å². The molecule has 14 heteroatoms. The molecule has 1 atom stereocenters. The molecule has 14 nitrogen and oxygen atoms in total. The maximum absolute atomic E-state index is 13.2. The molecule has 5 N–H and O–H groups in total. The molecule has 0 radical (unpaired) electrons. The number of hydrazine groups is 1. The fraction of sp³-hybridized carbons (Fsp3) is 0.333. The van der Waals surface area contributed by atoms with Crippen molar-refractivity contribution in [2.75, 3.05) is 18.5 Å². The van der Waals surface area contributed by atoms with E-state index in [2.05, 4.69) is 21.3 Å². The van der Waals surface area contributed by atoms with Crippen LogP contribution >= 0.6 is 0 Å². The van der Waals surface area contributed by atoms with E-state index in [0.29, 0.717) is 31.5 Å². The van der Waals surface area contributed by atoms with Gasteiger partial charge in [0.15, 0.2) is 0 Å². The van der Waals surface area contributed by atoms with E-state index in [0.717, 1.165) is 11.1 Å². The molecule has 3 aliphatic rings. The van der Waals surface area contributed by atoms with Gasteiger partial charge in [-0.05, 0) is 31.4 Å². The summed E-state index contributed by atoms with van der Waals surface area (Å²) in [5.74, 6) is -2.45. The molecular weight excluding hydrogens is 494 g/mol. The molecule has 0 aliphatic carbocycles. The van der Waals surface area contributed by atoms with Gasteiger partial charge < -0.3 is 10.3 Å². The Bertz CT molecular complexity index is 1380. The minimum atomic E-state index is -1.08. The molecule has 3 aliphatic heterocycles. The third kappa shape index (κ3) is 4.40. The van der Waals surface area contributed by atoms with Crippen molar-refractivity contribution in [2.45, 2.75) is 37.8 Å². The van der Waals surface area contributed by atoms with Crippen LogP contribution in [0, 0.1) is 10.8 Å². The van der Waals surface area contributed by atoms with E-state index < -0.39 is 35.7 Å². The lowest BCUT2D eigenvalue weighted by Crippen LogP contribution is -2.54. The number of piperidine rings is 2. The second kappa shape index (κ2) is 9.88. The lowest BCUT2D eigenvalue weighted by Gasteiger charge is -2.32. The van der Waals surface area contributed by atoms with Crippen molar-refractivity contribution in [2.24, 2.45) is 0 Å². The van der Waals surface area contributed by atoms with Crippen LogP contribution in [0.15, 0.2) is 30.6 Å². The molecule has 0 saturated carbocycles. The molecule has 1 aromatic heterocycles. The summed E-state index contributed by atoms with van der Waals surface area (Å²) in [7, 11) is 0. The summed E-state index contributed by atoms with van der Waals surface area (Å²) in [5, 5.41) is 21.4. The highest BCUT2D eigenvalue weighted by Gasteiger charge is 2.45. The highest BCUT2D eigenvalue weighted by atomic mass is 16.2. The maximum atomic E-state index is 13.2. The summed E-state index contributed by atoms with van der Waals surface area (Å²) < 4.78 is 1.75. The van der Waals surface area contributed by atoms with Crippen LogP contribution in [0.2, 0.25) is 0 Å². The number of hydrogen-bond acceptors (Lipinski definition) is 9. The second-order valence-corrected chi connectivity index (χ2v) is 9.22.